The molecule has 3 rings (SSSR count). The van der Waals surface area contributed by atoms with Crippen LogP contribution in [0.2, 0.25) is 0 Å². The molecule has 2 N–H and O–H groups in total. The molecule has 0 amide bonds. The summed E-state index contributed by atoms with van der Waals surface area (Å²) >= 11 is 1.32. The minimum atomic E-state index is -4.10. The van der Waals surface area contributed by atoms with Crippen LogP contribution in [0.15, 0.2) is 6.07 Å². The van der Waals surface area contributed by atoms with Crippen LogP contribution in [0.3, 0.4) is 0 Å². The van der Waals surface area contributed by atoms with Crippen molar-refractivity contribution < 1.29 is 18.0 Å². The Kier molecular flexibility index (Phi) is 3.63. The molecule has 3 nitrogen and oxygen atoms in total. The van der Waals surface area contributed by atoms with Gasteiger partial charge in [-0.3, -0.25) is 4.79 Å². The van der Waals surface area contributed by atoms with Gasteiger partial charge in [-0.1, -0.05) is 0 Å². The third-order valence-electron chi connectivity index (χ3n) is 4.19. The number of ketones is 1. The number of hydrogen-bond donors (Lipinski definition) is 1. The number of carbonyl (C=O) groups excluding carboxylic acids is 1. The fourth-order valence-corrected chi connectivity index (χ4v) is 3.85. The first-order chi connectivity index (χ1) is 9.86. The fourth-order valence-electron chi connectivity index (χ4n) is 2.70. The van der Waals surface area contributed by atoms with E-state index in [4.69, 9.17) is 5.73 Å². The molecular formula is C14H17F3N2OS. The highest BCUT2D eigenvalue weighted by molar-refractivity contribution is 7.18. The number of nitrogen functional groups attached to an aromatic ring is 1. The zero-order chi connectivity index (χ0) is 15.2. The number of anilines is 2. The Morgan fingerprint density at radius 3 is 2.38 bits per heavy atom. The SMILES string of the molecule is Nc1cc(N2CCC(C(F)(F)F)CC2)sc1C(=O)C1CC1. The summed E-state index contributed by atoms with van der Waals surface area (Å²) in [6, 6.07) is 1.73. The van der Waals surface area contributed by atoms with E-state index < -0.39 is 12.1 Å². The predicted octanol–water partition coefficient (Wildman–Crippen LogP) is 3.70. The number of piperidine rings is 1. The molecule has 2 aliphatic rings. The molecule has 0 atom stereocenters. The number of rotatable bonds is 3. The van der Waals surface area contributed by atoms with E-state index in [1.165, 1.54) is 11.3 Å². The number of carbonyl (C=O) groups is 1. The van der Waals surface area contributed by atoms with Gasteiger partial charge >= 0.3 is 6.18 Å². The highest BCUT2D eigenvalue weighted by Crippen LogP contribution is 2.41. The standard InChI is InChI=1S/C14H17F3N2OS/c15-14(16,17)9-3-5-19(6-4-9)11-7-10(18)13(21-11)12(20)8-1-2-8/h7-9H,1-6,18H2. The van der Waals surface area contributed by atoms with Crippen molar-refractivity contribution in [1.82, 2.24) is 0 Å². The van der Waals surface area contributed by atoms with Crippen LogP contribution in [0, 0.1) is 11.8 Å². The molecule has 7 heteroatoms. The predicted molar refractivity (Wildman–Crippen MR) is 76.8 cm³/mol. The van der Waals surface area contributed by atoms with E-state index in [9.17, 15) is 18.0 Å². The molecule has 116 valence electrons. The van der Waals surface area contributed by atoms with Crippen LogP contribution in [-0.2, 0) is 0 Å². The van der Waals surface area contributed by atoms with Gasteiger partial charge in [-0.15, -0.1) is 11.3 Å². The number of thiophene rings is 1. The average Bonchev–Trinajstić information content (AvgIpc) is 3.20. The van der Waals surface area contributed by atoms with Gasteiger partial charge in [0.2, 0.25) is 0 Å². The Balaban J connectivity index is 1.68. The molecule has 21 heavy (non-hydrogen) atoms. The largest absolute Gasteiger partial charge is 0.397 e. The molecule has 2 fully saturated rings. The first-order valence-corrected chi connectivity index (χ1v) is 7.93. The van der Waals surface area contributed by atoms with Crippen molar-refractivity contribution in [1.29, 1.82) is 0 Å². The number of halogens is 3. The van der Waals surface area contributed by atoms with Gasteiger partial charge in [0, 0.05) is 19.0 Å². The van der Waals surface area contributed by atoms with E-state index in [1.54, 1.807) is 6.07 Å². The number of nitrogens with two attached hydrogens (primary N) is 1. The van der Waals surface area contributed by atoms with Crippen LogP contribution in [0.4, 0.5) is 23.9 Å². The second-order valence-electron chi connectivity index (χ2n) is 5.81. The lowest BCUT2D eigenvalue weighted by atomic mass is 9.96. The molecule has 1 aliphatic carbocycles. The summed E-state index contributed by atoms with van der Waals surface area (Å²) < 4.78 is 38.0. The molecule has 1 saturated heterocycles. The third-order valence-corrected chi connectivity index (χ3v) is 5.42. The van der Waals surface area contributed by atoms with Crippen molar-refractivity contribution in [3.05, 3.63) is 10.9 Å². The lowest BCUT2D eigenvalue weighted by Crippen LogP contribution is -2.38. The van der Waals surface area contributed by atoms with Crippen molar-refractivity contribution in [2.75, 3.05) is 23.7 Å². The molecule has 2 heterocycles. The maximum Gasteiger partial charge on any atom is 0.391 e. The summed E-state index contributed by atoms with van der Waals surface area (Å²) in [5, 5.41) is 0.817. The zero-order valence-electron chi connectivity index (χ0n) is 11.4. The molecule has 0 radical (unpaired) electrons. The van der Waals surface area contributed by atoms with Crippen molar-refractivity contribution in [3.8, 4) is 0 Å². The lowest BCUT2D eigenvalue weighted by molar-refractivity contribution is -0.179. The lowest BCUT2D eigenvalue weighted by Gasteiger charge is -2.33. The van der Waals surface area contributed by atoms with Crippen LogP contribution in [0.5, 0.6) is 0 Å². The van der Waals surface area contributed by atoms with Gasteiger partial charge in [0.25, 0.3) is 0 Å². The summed E-state index contributed by atoms with van der Waals surface area (Å²) in [7, 11) is 0. The Morgan fingerprint density at radius 2 is 1.86 bits per heavy atom. The van der Waals surface area contributed by atoms with Gasteiger partial charge < -0.3 is 10.6 Å². The average molecular weight is 318 g/mol. The zero-order valence-corrected chi connectivity index (χ0v) is 12.3. The number of hydrogen-bond acceptors (Lipinski definition) is 4. The highest BCUT2D eigenvalue weighted by Gasteiger charge is 2.41. The third kappa shape index (κ3) is 3.02. The van der Waals surface area contributed by atoms with Crippen molar-refractivity contribution >= 4 is 27.8 Å². The van der Waals surface area contributed by atoms with Gasteiger partial charge in [0.05, 0.1) is 21.5 Å². The molecule has 1 aromatic heterocycles. The van der Waals surface area contributed by atoms with Gasteiger partial charge in [-0.05, 0) is 31.7 Å². The normalized spacial score (nSPS) is 20.8. The summed E-state index contributed by atoms with van der Waals surface area (Å²) in [6.45, 7) is 0.725. The number of nitrogens with zero attached hydrogens (tertiary/aromatic N) is 1. The van der Waals surface area contributed by atoms with E-state index in [-0.39, 0.29) is 24.5 Å². The fraction of sp³-hybridized carbons (Fsp3) is 0.643. The smallest absolute Gasteiger partial charge is 0.391 e. The molecule has 1 aromatic rings. The second-order valence-corrected chi connectivity index (χ2v) is 6.84. The van der Waals surface area contributed by atoms with Crippen LogP contribution in [0.25, 0.3) is 0 Å². The van der Waals surface area contributed by atoms with E-state index >= 15 is 0 Å². The quantitative estimate of drug-likeness (QED) is 0.864. The summed E-state index contributed by atoms with van der Waals surface area (Å²) in [4.78, 5) is 14.6. The Hall–Kier alpha value is -1.24. The Bertz CT molecular complexity index is 543. The molecular weight excluding hydrogens is 301 g/mol. The van der Waals surface area contributed by atoms with Crippen molar-refractivity contribution in [2.45, 2.75) is 31.9 Å². The van der Waals surface area contributed by atoms with Crippen LogP contribution >= 0.6 is 11.3 Å². The van der Waals surface area contributed by atoms with Crippen LogP contribution < -0.4 is 10.6 Å². The molecule has 0 bridgehead atoms. The molecule has 0 aromatic carbocycles. The van der Waals surface area contributed by atoms with Gasteiger partial charge in [0.1, 0.15) is 0 Å². The van der Waals surface area contributed by atoms with Crippen LogP contribution in [0.1, 0.15) is 35.4 Å². The van der Waals surface area contributed by atoms with Gasteiger partial charge in [-0.25, -0.2) is 0 Å². The topological polar surface area (TPSA) is 46.3 Å². The Labute approximate surface area is 124 Å². The monoisotopic (exact) mass is 318 g/mol. The summed E-state index contributed by atoms with van der Waals surface area (Å²) in [6.07, 6.45) is -2.06. The number of Topliss-reactive ketones (excluding diaryl/α,β-unsaturated/α-hetero) is 1. The molecule has 1 aliphatic heterocycles. The van der Waals surface area contributed by atoms with E-state index in [2.05, 4.69) is 0 Å². The maximum absolute atomic E-state index is 12.7. The van der Waals surface area contributed by atoms with Gasteiger partial charge in [-0.2, -0.15) is 13.2 Å². The van der Waals surface area contributed by atoms with Crippen molar-refractivity contribution in [3.63, 3.8) is 0 Å². The van der Waals surface area contributed by atoms with E-state index in [0.717, 1.165) is 17.8 Å². The van der Waals surface area contributed by atoms with E-state index in [1.807, 2.05) is 4.90 Å². The first kappa shape index (κ1) is 14.7. The number of alkyl halides is 3. The van der Waals surface area contributed by atoms with E-state index in [0.29, 0.717) is 23.7 Å². The Morgan fingerprint density at radius 1 is 1.24 bits per heavy atom. The summed E-state index contributed by atoms with van der Waals surface area (Å²) in [5.41, 5.74) is 6.36. The van der Waals surface area contributed by atoms with Crippen molar-refractivity contribution in [2.24, 2.45) is 11.8 Å². The highest BCUT2D eigenvalue weighted by atomic mass is 32.1. The minimum absolute atomic E-state index is 0.0916. The second kappa shape index (κ2) is 5.19. The molecule has 0 unspecified atom stereocenters. The maximum atomic E-state index is 12.7. The molecule has 1 saturated carbocycles. The van der Waals surface area contributed by atoms with Gasteiger partial charge in [0.15, 0.2) is 5.78 Å². The minimum Gasteiger partial charge on any atom is -0.397 e. The molecule has 0 spiro atoms. The van der Waals surface area contributed by atoms with Crippen LogP contribution in [-0.4, -0.2) is 25.0 Å². The summed E-state index contributed by atoms with van der Waals surface area (Å²) in [5.74, 6) is -1.01. The first-order valence-electron chi connectivity index (χ1n) is 7.11.